The highest BCUT2D eigenvalue weighted by molar-refractivity contribution is 7.88. The van der Waals surface area contributed by atoms with Gasteiger partial charge in [0, 0.05) is 13.1 Å². The second-order valence-corrected chi connectivity index (χ2v) is 7.54. The first kappa shape index (κ1) is 16.0. The van der Waals surface area contributed by atoms with E-state index < -0.39 is 16.1 Å². The summed E-state index contributed by atoms with van der Waals surface area (Å²) in [7, 11) is -3.41. The Kier molecular flexibility index (Phi) is 4.99. The molecular weight excluding hydrogens is 288 g/mol. The molecule has 1 aromatic rings. The third kappa shape index (κ3) is 4.03. The van der Waals surface area contributed by atoms with E-state index in [1.54, 1.807) is 31.2 Å². The molecule has 0 bridgehead atoms. The first-order valence-electron chi connectivity index (χ1n) is 7.07. The van der Waals surface area contributed by atoms with Crippen LogP contribution in [0.4, 0.5) is 0 Å². The first-order chi connectivity index (χ1) is 9.92. The Morgan fingerprint density at radius 2 is 2.29 bits per heavy atom. The summed E-state index contributed by atoms with van der Waals surface area (Å²) >= 11 is 0. The van der Waals surface area contributed by atoms with E-state index in [0.717, 1.165) is 12.8 Å². The molecule has 0 unspecified atom stereocenters. The summed E-state index contributed by atoms with van der Waals surface area (Å²) in [5.74, 6) is -0.103. The smallest absolute Gasteiger partial charge is 0.218 e. The van der Waals surface area contributed by atoms with Crippen molar-refractivity contribution in [2.45, 2.75) is 31.6 Å². The average molecular weight is 308 g/mol. The number of nitrogens with zero attached hydrogens (tertiary/aromatic N) is 2. The fourth-order valence-electron chi connectivity index (χ4n) is 2.65. The summed E-state index contributed by atoms with van der Waals surface area (Å²) in [6, 6.07) is 8.68. The molecule has 21 heavy (non-hydrogen) atoms. The molecule has 0 amide bonds. The summed E-state index contributed by atoms with van der Waals surface area (Å²) in [4.78, 5) is 0. The maximum absolute atomic E-state index is 12.5. The Bertz CT molecular complexity index is 635. The molecule has 1 N–H and O–H groups in total. The molecule has 1 aliphatic heterocycles. The van der Waals surface area contributed by atoms with Gasteiger partial charge in [0.05, 0.1) is 23.5 Å². The van der Waals surface area contributed by atoms with Crippen molar-refractivity contribution >= 4 is 10.0 Å². The van der Waals surface area contributed by atoms with Gasteiger partial charge in [0.25, 0.3) is 0 Å². The van der Waals surface area contributed by atoms with E-state index in [9.17, 15) is 13.5 Å². The second-order valence-electron chi connectivity index (χ2n) is 5.57. The van der Waals surface area contributed by atoms with Crippen molar-refractivity contribution in [3.8, 4) is 6.07 Å². The highest BCUT2D eigenvalue weighted by Gasteiger charge is 2.30. The van der Waals surface area contributed by atoms with E-state index in [0.29, 0.717) is 24.2 Å². The van der Waals surface area contributed by atoms with Gasteiger partial charge in [0.2, 0.25) is 10.0 Å². The van der Waals surface area contributed by atoms with Gasteiger partial charge < -0.3 is 5.11 Å². The molecule has 1 saturated heterocycles. The normalized spacial score (nSPS) is 21.7. The lowest BCUT2D eigenvalue weighted by Crippen LogP contribution is -2.43. The van der Waals surface area contributed by atoms with E-state index in [1.165, 1.54) is 4.31 Å². The molecule has 0 aliphatic carbocycles. The zero-order chi connectivity index (χ0) is 15.5. The summed E-state index contributed by atoms with van der Waals surface area (Å²) < 4.78 is 26.4. The lowest BCUT2D eigenvalue weighted by atomic mass is 9.95. The zero-order valence-corrected chi connectivity index (χ0v) is 12.9. The molecule has 114 valence electrons. The molecule has 1 aliphatic rings. The minimum atomic E-state index is -3.41. The number of piperidine rings is 1. The third-order valence-corrected chi connectivity index (χ3v) is 5.72. The monoisotopic (exact) mass is 308 g/mol. The summed E-state index contributed by atoms with van der Waals surface area (Å²) in [5, 5.41) is 18.5. The Morgan fingerprint density at radius 3 is 2.95 bits per heavy atom. The Balaban J connectivity index is 2.12. The molecule has 2 atom stereocenters. The lowest BCUT2D eigenvalue weighted by molar-refractivity contribution is 0.0885. The highest BCUT2D eigenvalue weighted by Crippen LogP contribution is 2.23. The van der Waals surface area contributed by atoms with Crippen molar-refractivity contribution in [3.63, 3.8) is 0 Å². The SMILES string of the molecule is C[C@H](O)[C@H]1CCCN(S(=O)(=O)Cc2cccc(C#N)c2)C1. The van der Waals surface area contributed by atoms with E-state index >= 15 is 0 Å². The van der Waals surface area contributed by atoms with E-state index in [4.69, 9.17) is 5.26 Å². The number of nitriles is 1. The van der Waals surface area contributed by atoms with Crippen molar-refractivity contribution in [1.29, 1.82) is 5.26 Å². The van der Waals surface area contributed by atoms with Crippen LogP contribution >= 0.6 is 0 Å². The Labute approximate surface area is 125 Å². The van der Waals surface area contributed by atoms with Crippen LogP contribution in [0.15, 0.2) is 24.3 Å². The van der Waals surface area contributed by atoms with Crippen molar-refractivity contribution in [1.82, 2.24) is 4.31 Å². The molecular formula is C15H20N2O3S. The van der Waals surface area contributed by atoms with Crippen LogP contribution in [-0.2, 0) is 15.8 Å². The van der Waals surface area contributed by atoms with Gasteiger partial charge >= 0.3 is 0 Å². The van der Waals surface area contributed by atoms with E-state index in [2.05, 4.69) is 0 Å². The number of aliphatic hydroxyl groups excluding tert-OH is 1. The number of sulfonamides is 1. The van der Waals surface area contributed by atoms with Crippen molar-refractivity contribution in [2.24, 2.45) is 5.92 Å². The molecule has 1 heterocycles. The Morgan fingerprint density at radius 1 is 1.52 bits per heavy atom. The van der Waals surface area contributed by atoms with Crippen LogP contribution in [0.5, 0.6) is 0 Å². The van der Waals surface area contributed by atoms with Crippen LogP contribution in [-0.4, -0.2) is 37.0 Å². The molecule has 2 rings (SSSR count). The molecule has 1 aromatic carbocycles. The average Bonchev–Trinajstić information content (AvgIpc) is 2.47. The van der Waals surface area contributed by atoms with E-state index in [-0.39, 0.29) is 11.7 Å². The molecule has 6 heteroatoms. The second kappa shape index (κ2) is 6.56. The quantitative estimate of drug-likeness (QED) is 0.913. The van der Waals surface area contributed by atoms with Gasteiger partial charge in [-0.2, -0.15) is 5.26 Å². The number of hydrogen-bond donors (Lipinski definition) is 1. The predicted molar refractivity (Wildman–Crippen MR) is 79.8 cm³/mol. The fourth-order valence-corrected chi connectivity index (χ4v) is 4.26. The summed E-state index contributed by atoms with van der Waals surface area (Å²) in [6.07, 6.45) is 1.13. The number of rotatable bonds is 4. The molecule has 0 radical (unpaired) electrons. The van der Waals surface area contributed by atoms with Crippen LogP contribution in [0.1, 0.15) is 30.9 Å². The van der Waals surface area contributed by atoms with E-state index in [1.807, 2.05) is 6.07 Å². The van der Waals surface area contributed by atoms with Crippen LogP contribution < -0.4 is 0 Å². The first-order valence-corrected chi connectivity index (χ1v) is 8.68. The molecule has 1 fully saturated rings. The maximum Gasteiger partial charge on any atom is 0.218 e. The van der Waals surface area contributed by atoms with Crippen LogP contribution in [0, 0.1) is 17.2 Å². The Hall–Kier alpha value is -1.42. The molecule has 5 nitrogen and oxygen atoms in total. The summed E-state index contributed by atoms with van der Waals surface area (Å²) in [5.41, 5.74) is 1.08. The lowest BCUT2D eigenvalue weighted by Gasteiger charge is -2.33. The van der Waals surface area contributed by atoms with Gasteiger partial charge in [-0.1, -0.05) is 12.1 Å². The van der Waals surface area contributed by atoms with Crippen molar-refractivity contribution in [3.05, 3.63) is 35.4 Å². The molecule has 0 spiro atoms. The fraction of sp³-hybridized carbons (Fsp3) is 0.533. The predicted octanol–water partition coefficient (Wildman–Crippen LogP) is 1.48. The van der Waals surface area contributed by atoms with Crippen LogP contribution in [0.25, 0.3) is 0 Å². The van der Waals surface area contributed by atoms with Crippen LogP contribution in [0.3, 0.4) is 0 Å². The van der Waals surface area contributed by atoms with Crippen molar-refractivity contribution < 1.29 is 13.5 Å². The number of aliphatic hydroxyl groups is 1. The molecule has 0 saturated carbocycles. The van der Waals surface area contributed by atoms with Gasteiger partial charge in [-0.25, -0.2) is 12.7 Å². The van der Waals surface area contributed by atoms with Crippen molar-refractivity contribution in [2.75, 3.05) is 13.1 Å². The minimum absolute atomic E-state index is 0.000956. The topological polar surface area (TPSA) is 81.4 Å². The largest absolute Gasteiger partial charge is 0.393 e. The third-order valence-electron chi connectivity index (χ3n) is 3.90. The number of hydrogen-bond acceptors (Lipinski definition) is 4. The summed E-state index contributed by atoms with van der Waals surface area (Å²) in [6.45, 7) is 2.58. The standard InChI is InChI=1S/C15H20N2O3S/c1-12(18)15-6-3-7-17(10-15)21(19,20)11-14-5-2-4-13(8-14)9-16/h2,4-5,8,12,15,18H,3,6-7,10-11H2,1H3/t12-,15-/m0/s1. The molecule has 0 aromatic heterocycles. The van der Waals surface area contributed by atoms with Gasteiger partial charge in [-0.05, 0) is 43.4 Å². The van der Waals surface area contributed by atoms with Gasteiger partial charge in [0.1, 0.15) is 0 Å². The minimum Gasteiger partial charge on any atom is -0.393 e. The van der Waals surface area contributed by atoms with Crippen LogP contribution in [0.2, 0.25) is 0 Å². The van der Waals surface area contributed by atoms with Gasteiger partial charge in [-0.3, -0.25) is 0 Å². The maximum atomic E-state index is 12.5. The van der Waals surface area contributed by atoms with Gasteiger partial charge in [-0.15, -0.1) is 0 Å². The van der Waals surface area contributed by atoms with Gasteiger partial charge in [0.15, 0.2) is 0 Å². The zero-order valence-electron chi connectivity index (χ0n) is 12.1. The highest BCUT2D eigenvalue weighted by atomic mass is 32.2. The number of benzene rings is 1.